The van der Waals surface area contributed by atoms with Gasteiger partial charge in [-0.3, -0.25) is 4.79 Å². The molecule has 94 valence electrons. The van der Waals surface area contributed by atoms with Gasteiger partial charge < -0.3 is 15.2 Å². The summed E-state index contributed by atoms with van der Waals surface area (Å²) in [6.07, 6.45) is 1.21. The second-order valence-electron chi connectivity index (χ2n) is 3.83. The predicted octanol–water partition coefficient (Wildman–Crippen LogP) is 1.22. The Hall–Kier alpha value is -1.39. The zero-order chi connectivity index (χ0) is 12.5. The Morgan fingerprint density at radius 2 is 2.18 bits per heavy atom. The van der Waals surface area contributed by atoms with E-state index in [4.69, 9.17) is 5.11 Å². The Labute approximate surface area is 102 Å². The van der Waals surface area contributed by atoms with Gasteiger partial charge in [-0.15, -0.1) is 0 Å². The highest BCUT2D eigenvalue weighted by molar-refractivity contribution is 5.69. The van der Waals surface area contributed by atoms with Crippen LogP contribution in [0.15, 0.2) is 24.3 Å². The summed E-state index contributed by atoms with van der Waals surface area (Å²) in [7, 11) is 1.40. The van der Waals surface area contributed by atoms with E-state index in [1.165, 1.54) is 7.11 Å². The highest BCUT2D eigenvalue weighted by Crippen LogP contribution is 2.04. The normalized spacial score (nSPS) is 10.2. The lowest BCUT2D eigenvalue weighted by Crippen LogP contribution is -2.16. The number of hydrogen-bond donors (Lipinski definition) is 2. The first-order valence-electron chi connectivity index (χ1n) is 5.72. The number of aliphatic hydroxyl groups is 1. The molecule has 0 fully saturated rings. The van der Waals surface area contributed by atoms with Crippen molar-refractivity contribution in [2.75, 3.05) is 13.7 Å². The third-order valence-electron chi connectivity index (χ3n) is 2.47. The van der Waals surface area contributed by atoms with Gasteiger partial charge in [-0.2, -0.15) is 0 Å². The molecular weight excluding hydrogens is 218 g/mol. The van der Waals surface area contributed by atoms with E-state index in [1.807, 2.05) is 24.3 Å². The maximum Gasteiger partial charge on any atom is 0.305 e. The first-order chi connectivity index (χ1) is 8.26. The van der Waals surface area contributed by atoms with Crippen molar-refractivity contribution in [1.82, 2.24) is 5.32 Å². The number of esters is 1. The first kappa shape index (κ1) is 13.7. The summed E-state index contributed by atoms with van der Waals surface area (Å²) in [4.78, 5) is 10.9. The summed E-state index contributed by atoms with van der Waals surface area (Å²) in [6.45, 7) is 1.59. The SMILES string of the molecule is COC(=O)CCCNCc1cccc(CO)c1. The molecule has 0 saturated carbocycles. The van der Waals surface area contributed by atoms with E-state index < -0.39 is 0 Å². The highest BCUT2D eigenvalue weighted by atomic mass is 16.5. The molecule has 4 heteroatoms. The van der Waals surface area contributed by atoms with Gasteiger partial charge in [0.05, 0.1) is 13.7 Å². The van der Waals surface area contributed by atoms with Crippen molar-refractivity contribution in [2.45, 2.75) is 26.0 Å². The number of hydrogen-bond acceptors (Lipinski definition) is 4. The molecule has 0 unspecified atom stereocenters. The number of ether oxygens (including phenoxy) is 1. The van der Waals surface area contributed by atoms with E-state index in [1.54, 1.807) is 0 Å². The fourth-order valence-corrected chi connectivity index (χ4v) is 1.53. The molecule has 0 aliphatic heterocycles. The van der Waals surface area contributed by atoms with Crippen LogP contribution in [0.3, 0.4) is 0 Å². The van der Waals surface area contributed by atoms with Crippen LogP contribution < -0.4 is 5.32 Å². The average molecular weight is 237 g/mol. The number of carbonyl (C=O) groups is 1. The monoisotopic (exact) mass is 237 g/mol. The second kappa shape index (κ2) is 7.81. The molecule has 0 bridgehead atoms. The highest BCUT2D eigenvalue weighted by Gasteiger charge is 1.99. The van der Waals surface area contributed by atoms with E-state index in [2.05, 4.69) is 10.1 Å². The molecule has 0 spiro atoms. The van der Waals surface area contributed by atoms with Crippen LogP contribution in [0, 0.1) is 0 Å². The van der Waals surface area contributed by atoms with Crippen LogP contribution in [0.4, 0.5) is 0 Å². The lowest BCUT2D eigenvalue weighted by molar-refractivity contribution is -0.140. The number of carbonyl (C=O) groups excluding carboxylic acids is 1. The molecule has 0 radical (unpaired) electrons. The van der Waals surface area contributed by atoms with E-state index >= 15 is 0 Å². The van der Waals surface area contributed by atoms with Crippen LogP contribution in [0.2, 0.25) is 0 Å². The molecular formula is C13H19NO3. The first-order valence-corrected chi connectivity index (χ1v) is 5.72. The fourth-order valence-electron chi connectivity index (χ4n) is 1.53. The number of methoxy groups -OCH3 is 1. The van der Waals surface area contributed by atoms with Gasteiger partial charge in [-0.05, 0) is 24.1 Å². The molecule has 2 N–H and O–H groups in total. The average Bonchev–Trinajstić information content (AvgIpc) is 2.38. The largest absolute Gasteiger partial charge is 0.469 e. The lowest BCUT2D eigenvalue weighted by Gasteiger charge is -2.05. The van der Waals surface area contributed by atoms with Crippen LogP contribution in [-0.2, 0) is 22.7 Å². The zero-order valence-corrected chi connectivity index (χ0v) is 10.1. The number of aliphatic hydroxyl groups excluding tert-OH is 1. The quantitative estimate of drug-likeness (QED) is 0.553. The standard InChI is InChI=1S/C13H19NO3/c1-17-13(16)6-3-7-14-9-11-4-2-5-12(8-11)10-15/h2,4-5,8,14-15H,3,6-7,9-10H2,1H3. The zero-order valence-electron chi connectivity index (χ0n) is 10.1. The molecule has 0 amide bonds. The van der Waals surface area contributed by atoms with Gasteiger partial charge in [0, 0.05) is 13.0 Å². The van der Waals surface area contributed by atoms with Crippen molar-refractivity contribution in [3.8, 4) is 0 Å². The van der Waals surface area contributed by atoms with Gasteiger partial charge in [0.2, 0.25) is 0 Å². The minimum atomic E-state index is -0.172. The molecule has 0 aliphatic rings. The van der Waals surface area contributed by atoms with Crippen molar-refractivity contribution in [1.29, 1.82) is 0 Å². The molecule has 0 aliphatic carbocycles. The smallest absolute Gasteiger partial charge is 0.305 e. The van der Waals surface area contributed by atoms with Crippen molar-refractivity contribution in [3.63, 3.8) is 0 Å². The van der Waals surface area contributed by atoms with Crippen molar-refractivity contribution in [3.05, 3.63) is 35.4 Å². The second-order valence-corrected chi connectivity index (χ2v) is 3.83. The summed E-state index contributed by atoms with van der Waals surface area (Å²) >= 11 is 0. The van der Waals surface area contributed by atoms with Crippen LogP contribution in [-0.4, -0.2) is 24.7 Å². The Morgan fingerprint density at radius 1 is 1.41 bits per heavy atom. The van der Waals surface area contributed by atoms with Crippen LogP contribution in [0.25, 0.3) is 0 Å². The van der Waals surface area contributed by atoms with E-state index in [9.17, 15) is 4.79 Å². The van der Waals surface area contributed by atoms with Crippen molar-refractivity contribution < 1.29 is 14.6 Å². The fraction of sp³-hybridized carbons (Fsp3) is 0.462. The molecule has 1 rings (SSSR count). The molecule has 0 atom stereocenters. The molecule has 0 aromatic heterocycles. The number of rotatable bonds is 7. The van der Waals surface area contributed by atoms with Crippen LogP contribution in [0.1, 0.15) is 24.0 Å². The van der Waals surface area contributed by atoms with Crippen molar-refractivity contribution in [2.24, 2.45) is 0 Å². The van der Waals surface area contributed by atoms with Gasteiger partial charge in [0.1, 0.15) is 0 Å². The van der Waals surface area contributed by atoms with E-state index in [0.29, 0.717) is 6.42 Å². The molecule has 0 heterocycles. The van der Waals surface area contributed by atoms with Crippen LogP contribution in [0.5, 0.6) is 0 Å². The number of benzene rings is 1. The topological polar surface area (TPSA) is 58.6 Å². The predicted molar refractivity (Wildman–Crippen MR) is 65.3 cm³/mol. The van der Waals surface area contributed by atoms with Crippen LogP contribution >= 0.6 is 0 Å². The Balaban J connectivity index is 2.19. The summed E-state index contributed by atoms with van der Waals surface area (Å²) in [5.41, 5.74) is 2.05. The lowest BCUT2D eigenvalue weighted by atomic mass is 10.1. The third-order valence-corrected chi connectivity index (χ3v) is 2.47. The maximum atomic E-state index is 10.9. The summed E-state index contributed by atoms with van der Waals surface area (Å²) in [6, 6.07) is 7.79. The summed E-state index contributed by atoms with van der Waals surface area (Å²) in [5, 5.41) is 12.2. The molecule has 1 aromatic carbocycles. The van der Waals surface area contributed by atoms with Gasteiger partial charge in [0.15, 0.2) is 0 Å². The minimum Gasteiger partial charge on any atom is -0.469 e. The molecule has 17 heavy (non-hydrogen) atoms. The Bertz CT molecular complexity index is 352. The maximum absolute atomic E-state index is 10.9. The third kappa shape index (κ3) is 5.47. The molecule has 1 aromatic rings. The van der Waals surface area contributed by atoms with Gasteiger partial charge in [-0.25, -0.2) is 0 Å². The molecule has 4 nitrogen and oxygen atoms in total. The Kier molecular flexibility index (Phi) is 6.29. The van der Waals surface area contributed by atoms with Crippen molar-refractivity contribution >= 4 is 5.97 Å². The summed E-state index contributed by atoms with van der Waals surface area (Å²) < 4.78 is 4.55. The number of nitrogens with one attached hydrogen (secondary N) is 1. The Morgan fingerprint density at radius 3 is 2.88 bits per heavy atom. The van der Waals surface area contributed by atoms with E-state index in [-0.39, 0.29) is 12.6 Å². The summed E-state index contributed by atoms with van der Waals surface area (Å²) in [5.74, 6) is -0.172. The van der Waals surface area contributed by atoms with Gasteiger partial charge in [0.25, 0.3) is 0 Å². The van der Waals surface area contributed by atoms with Gasteiger partial charge >= 0.3 is 5.97 Å². The van der Waals surface area contributed by atoms with E-state index in [0.717, 1.165) is 30.6 Å². The molecule has 0 saturated heterocycles. The minimum absolute atomic E-state index is 0.0657. The van der Waals surface area contributed by atoms with Gasteiger partial charge in [-0.1, -0.05) is 24.3 Å².